The van der Waals surface area contributed by atoms with Crippen LogP contribution in [0.5, 0.6) is 5.75 Å². The fourth-order valence-corrected chi connectivity index (χ4v) is 3.77. The van der Waals surface area contributed by atoms with Gasteiger partial charge in [-0.15, -0.1) is 0 Å². The van der Waals surface area contributed by atoms with Crippen LogP contribution in [0.25, 0.3) is 22.4 Å². The van der Waals surface area contributed by atoms with Crippen LogP contribution in [-0.4, -0.2) is 38.5 Å². The van der Waals surface area contributed by atoms with E-state index in [0.717, 1.165) is 48.7 Å². The van der Waals surface area contributed by atoms with Crippen LogP contribution in [0.1, 0.15) is 16.8 Å². The number of aromatic nitrogens is 4. The van der Waals surface area contributed by atoms with Crippen LogP contribution >= 0.6 is 0 Å². The monoisotopic (exact) mass is 371 g/mol. The van der Waals surface area contributed by atoms with Crippen LogP contribution in [-0.2, 0) is 19.5 Å². The van der Waals surface area contributed by atoms with E-state index >= 15 is 0 Å². The standard InChI is InChI=1S/C22H21N5O/c1-28-17-5-6-19-18(10-17)16(12-24-19)13-27-9-7-15-11-25-22(26-21(15)14-27)20-4-2-3-8-23-20/h2-6,8,10-12,24H,7,9,13-14H2,1H3. The maximum atomic E-state index is 5.39. The fourth-order valence-electron chi connectivity index (χ4n) is 3.77. The van der Waals surface area contributed by atoms with Crippen LogP contribution in [0.2, 0.25) is 0 Å². The molecule has 0 radical (unpaired) electrons. The van der Waals surface area contributed by atoms with Crippen molar-refractivity contribution in [3.05, 3.63) is 71.8 Å². The fraction of sp³-hybridized carbons (Fsp3) is 0.227. The molecule has 0 saturated heterocycles. The van der Waals surface area contributed by atoms with Gasteiger partial charge < -0.3 is 9.72 Å². The van der Waals surface area contributed by atoms with Gasteiger partial charge in [0.2, 0.25) is 0 Å². The van der Waals surface area contributed by atoms with Crippen molar-refractivity contribution >= 4 is 10.9 Å². The van der Waals surface area contributed by atoms with Gasteiger partial charge >= 0.3 is 0 Å². The number of aromatic amines is 1. The number of methoxy groups -OCH3 is 1. The summed E-state index contributed by atoms with van der Waals surface area (Å²) in [6, 6.07) is 12.0. The third kappa shape index (κ3) is 3.12. The molecule has 28 heavy (non-hydrogen) atoms. The Hall–Kier alpha value is -3.25. The number of rotatable bonds is 4. The summed E-state index contributed by atoms with van der Waals surface area (Å²) in [6.07, 6.45) is 6.79. The van der Waals surface area contributed by atoms with Gasteiger partial charge in [-0.2, -0.15) is 0 Å². The topological polar surface area (TPSA) is 66.9 Å². The second-order valence-electron chi connectivity index (χ2n) is 7.07. The van der Waals surface area contributed by atoms with E-state index in [2.05, 4.69) is 38.2 Å². The summed E-state index contributed by atoms with van der Waals surface area (Å²) >= 11 is 0. The van der Waals surface area contributed by atoms with Crippen LogP contribution in [0.15, 0.2) is 55.0 Å². The molecule has 6 heteroatoms. The Morgan fingerprint density at radius 1 is 1.18 bits per heavy atom. The molecule has 5 rings (SSSR count). The average molecular weight is 371 g/mol. The molecule has 0 bridgehead atoms. The third-order valence-electron chi connectivity index (χ3n) is 5.29. The maximum Gasteiger partial charge on any atom is 0.178 e. The van der Waals surface area contributed by atoms with Gasteiger partial charge in [0.05, 0.1) is 12.8 Å². The molecule has 1 aliphatic rings. The summed E-state index contributed by atoms with van der Waals surface area (Å²) in [7, 11) is 1.70. The highest BCUT2D eigenvalue weighted by atomic mass is 16.5. The predicted molar refractivity (Wildman–Crippen MR) is 108 cm³/mol. The van der Waals surface area contributed by atoms with E-state index in [0.29, 0.717) is 5.82 Å². The van der Waals surface area contributed by atoms with Gasteiger partial charge in [-0.25, -0.2) is 9.97 Å². The summed E-state index contributed by atoms with van der Waals surface area (Å²) in [6.45, 7) is 2.68. The largest absolute Gasteiger partial charge is 0.497 e. The van der Waals surface area contributed by atoms with E-state index in [1.165, 1.54) is 16.5 Å². The first-order chi connectivity index (χ1) is 13.8. The SMILES string of the molecule is COc1ccc2[nH]cc(CN3CCc4cnc(-c5ccccn5)nc4C3)c2c1. The van der Waals surface area contributed by atoms with Crippen LogP contribution < -0.4 is 4.74 Å². The van der Waals surface area contributed by atoms with Gasteiger partial charge in [0.1, 0.15) is 11.4 Å². The van der Waals surface area contributed by atoms with E-state index in [9.17, 15) is 0 Å². The maximum absolute atomic E-state index is 5.39. The van der Waals surface area contributed by atoms with E-state index in [1.54, 1.807) is 13.3 Å². The zero-order valence-corrected chi connectivity index (χ0v) is 15.7. The van der Waals surface area contributed by atoms with E-state index in [4.69, 9.17) is 9.72 Å². The molecule has 4 aromatic rings. The van der Waals surface area contributed by atoms with Crippen LogP contribution in [0, 0.1) is 0 Å². The lowest BCUT2D eigenvalue weighted by atomic mass is 10.1. The van der Waals surface area contributed by atoms with Crippen LogP contribution in [0.3, 0.4) is 0 Å². The van der Waals surface area contributed by atoms with Gasteiger partial charge in [0.25, 0.3) is 0 Å². The van der Waals surface area contributed by atoms with Crippen molar-refractivity contribution < 1.29 is 4.74 Å². The molecule has 0 fully saturated rings. The van der Waals surface area contributed by atoms with Crippen molar-refractivity contribution in [2.45, 2.75) is 19.5 Å². The zero-order chi connectivity index (χ0) is 18.9. The summed E-state index contributed by atoms with van der Waals surface area (Å²) in [5.74, 6) is 1.57. The Labute approximate surface area is 163 Å². The van der Waals surface area contributed by atoms with Gasteiger partial charge in [-0.3, -0.25) is 9.88 Å². The quantitative estimate of drug-likeness (QED) is 0.594. The van der Waals surface area contributed by atoms with Crippen molar-refractivity contribution in [3.8, 4) is 17.3 Å². The Bertz CT molecular complexity index is 1120. The highest BCUT2D eigenvalue weighted by molar-refractivity contribution is 5.84. The van der Waals surface area contributed by atoms with Crippen molar-refractivity contribution in [2.24, 2.45) is 0 Å². The van der Waals surface area contributed by atoms with Crippen molar-refractivity contribution in [1.82, 2.24) is 24.8 Å². The first-order valence-corrected chi connectivity index (χ1v) is 9.43. The minimum Gasteiger partial charge on any atom is -0.497 e. The van der Waals surface area contributed by atoms with E-state index in [-0.39, 0.29) is 0 Å². The first-order valence-electron chi connectivity index (χ1n) is 9.43. The molecule has 1 N–H and O–H groups in total. The lowest BCUT2D eigenvalue weighted by Gasteiger charge is -2.27. The van der Waals surface area contributed by atoms with Crippen molar-refractivity contribution in [3.63, 3.8) is 0 Å². The number of hydrogen-bond donors (Lipinski definition) is 1. The molecule has 0 spiro atoms. The third-order valence-corrected chi connectivity index (χ3v) is 5.29. The number of hydrogen-bond acceptors (Lipinski definition) is 5. The number of nitrogens with zero attached hydrogens (tertiary/aromatic N) is 4. The molecule has 1 aliphatic heterocycles. The van der Waals surface area contributed by atoms with Gasteiger partial charge in [0.15, 0.2) is 5.82 Å². The summed E-state index contributed by atoms with van der Waals surface area (Å²) in [5.41, 5.74) is 5.55. The highest BCUT2D eigenvalue weighted by Gasteiger charge is 2.20. The minimum absolute atomic E-state index is 0.693. The molecule has 0 unspecified atom stereocenters. The summed E-state index contributed by atoms with van der Waals surface area (Å²) in [5, 5.41) is 1.21. The number of benzene rings is 1. The second-order valence-corrected chi connectivity index (χ2v) is 7.07. The molecule has 0 aliphatic carbocycles. The molecule has 6 nitrogen and oxygen atoms in total. The van der Waals surface area contributed by atoms with Crippen LogP contribution in [0.4, 0.5) is 0 Å². The lowest BCUT2D eigenvalue weighted by Crippen LogP contribution is -2.31. The smallest absolute Gasteiger partial charge is 0.178 e. The number of ether oxygens (including phenoxy) is 1. The molecule has 3 aromatic heterocycles. The molecule has 0 saturated carbocycles. The normalized spacial score (nSPS) is 14.2. The highest BCUT2D eigenvalue weighted by Crippen LogP contribution is 2.27. The number of pyridine rings is 1. The number of nitrogens with one attached hydrogen (secondary N) is 1. The van der Waals surface area contributed by atoms with Crippen molar-refractivity contribution in [1.29, 1.82) is 0 Å². The Morgan fingerprint density at radius 3 is 3.00 bits per heavy atom. The predicted octanol–water partition coefficient (Wildman–Crippen LogP) is 3.59. The molecule has 0 amide bonds. The van der Waals surface area contributed by atoms with Crippen molar-refractivity contribution in [2.75, 3.05) is 13.7 Å². The average Bonchev–Trinajstić information content (AvgIpc) is 3.15. The Kier molecular flexibility index (Phi) is 4.25. The molecule has 0 atom stereocenters. The lowest BCUT2D eigenvalue weighted by molar-refractivity contribution is 0.242. The summed E-state index contributed by atoms with van der Waals surface area (Å²) in [4.78, 5) is 19.5. The second kappa shape index (κ2) is 7.05. The van der Waals surface area contributed by atoms with E-state index < -0.39 is 0 Å². The van der Waals surface area contributed by atoms with Gasteiger partial charge in [-0.1, -0.05) is 6.07 Å². The molecule has 4 heterocycles. The minimum atomic E-state index is 0.693. The molecular weight excluding hydrogens is 350 g/mol. The van der Waals surface area contributed by atoms with Gasteiger partial charge in [-0.05, 0) is 47.9 Å². The number of fused-ring (bicyclic) bond motifs is 2. The zero-order valence-electron chi connectivity index (χ0n) is 15.7. The Morgan fingerprint density at radius 2 is 2.14 bits per heavy atom. The summed E-state index contributed by atoms with van der Waals surface area (Å²) < 4.78 is 5.39. The first kappa shape index (κ1) is 16.9. The molecule has 140 valence electrons. The molecule has 1 aromatic carbocycles. The van der Waals surface area contributed by atoms with Gasteiger partial charge in [0, 0.05) is 49.1 Å². The molecular formula is C22H21N5O. The number of H-pyrrole nitrogens is 1. The Balaban J connectivity index is 1.40. The van der Waals surface area contributed by atoms with E-state index in [1.807, 2.05) is 30.5 Å².